The van der Waals surface area contributed by atoms with Gasteiger partial charge in [-0.3, -0.25) is 4.79 Å². The molecule has 1 amide bonds. The Morgan fingerprint density at radius 2 is 1.86 bits per heavy atom. The van der Waals surface area contributed by atoms with Crippen LogP contribution in [0, 0.1) is 5.92 Å². The topological polar surface area (TPSA) is 61.6 Å². The van der Waals surface area contributed by atoms with Crippen LogP contribution in [0.3, 0.4) is 0 Å². The number of para-hydroxylation sites is 1. The molecule has 1 unspecified atom stereocenters. The number of hydrogen-bond acceptors (Lipinski definition) is 4. The fourth-order valence-electron chi connectivity index (χ4n) is 2.86. The molecule has 0 saturated carbocycles. The highest BCUT2D eigenvalue weighted by atomic mass is 16.1. The van der Waals surface area contributed by atoms with Gasteiger partial charge in [0, 0.05) is 45.0 Å². The zero-order valence-corrected chi connectivity index (χ0v) is 13.7. The number of nitrogens with zero attached hydrogens (tertiary/aromatic N) is 2. The normalized spacial score (nSPS) is 18.1. The maximum absolute atomic E-state index is 12.1. The van der Waals surface area contributed by atoms with E-state index in [9.17, 15) is 4.79 Å². The summed E-state index contributed by atoms with van der Waals surface area (Å²) >= 11 is 0. The number of benzene rings is 1. The summed E-state index contributed by atoms with van der Waals surface area (Å²) in [5, 5.41) is 2.99. The fourth-order valence-corrected chi connectivity index (χ4v) is 2.86. The van der Waals surface area contributed by atoms with Crippen LogP contribution in [0.4, 0.5) is 5.69 Å². The summed E-state index contributed by atoms with van der Waals surface area (Å²) in [5.41, 5.74) is 6.92. The van der Waals surface area contributed by atoms with Gasteiger partial charge in [-0.2, -0.15) is 0 Å². The first-order valence-electron chi connectivity index (χ1n) is 8.17. The number of hydrogen-bond donors (Lipinski definition) is 2. The van der Waals surface area contributed by atoms with E-state index < -0.39 is 0 Å². The van der Waals surface area contributed by atoms with Gasteiger partial charge in [0.15, 0.2) is 0 Å². The molecule has 1 aliphatic rings. The standard InChI is InChI=1S/C17H28N4O/c1-3-20-8-10-21(11-9-20)13-14(2)12-19-17(22)15-6-4-5-7-16(15)18/h4-7,14H,3,8-13,18H2,1-2H3,(H,19,22). The molecule has 0 radical (unpaired) electrons. The summed E-state index contributed by atoms with van der Waals surface area (Å²) in [6.07, 6.45) is 0. The number of amides is 1. The van der Waals surface area contributed by atoms with Gasteiger partial charge in [-0.1, -0.05) is 26.0 Å². The van der Waals surface area contributed by atoms with Crippen LogP contribution in [0.2, 0.25) is 0 Å². The van der Waals surface area contributed by atoms with E-state index in [0.717, 1.165) is 39.3 Å². The lowest BCUT2D eigenvalue weighted by Gasteiger charge is -2.35. The molecule has 5 nitrogen and oxygen atoms in total. The predicted octanol–water partition coefficient (Wildman–Crippen LogP) is 1.27. The molecular weight excluding hydrogens is 276 g/mol. The average Bonchev–Trinajstić information content (AvgIpc) is 2.54. The lowest BCUT2D eigenvalue weighted by molar-refractivity contribution is 0.0934. The van der Waals surface area contributed by atoms with Crippen LogP contribution < -0.4 is 11.1 Å². The lowest BCUT2D eigenvalue weighted by Crippen LogP contribution is -2.48. The third kappa shape index (κ3) is 4.71. The zero-order valence-electron chi connectivity index (χ0n) is 13.7. The molecular formula is C17H28N4O. The zero-order chi connectivity index (χ0) is 15.9. The van der Waals surface area contributed by atoms with Crippen LogP contribution >= 0.6 is 0 Å². The summed E-state index contributed by atoms with van der Waals surface area (Å²) in [5.74, 6) is 0.350. The highest BCUT2D eigenvalue weighted by molar-refractivity contribution is 5.99. The third-order valence-corrected chi connectivity index (χ3v) is 4.30. The fraction of sp³-hybridized carbons (Fsp3) is 0.588. The number of nitrogens with two attached hydrogens (primary N) is 1. The second-order valence-electron chi connectivity index (χ2n) is 6.14. The van der Waals surface area contributed by atoms with Crippen LogP contribution in [0.15, 0.2) is 24.3 Å². The monoisotopic (exact) mass is 304 g/mol. The number of anilines is 1. The van der Waals surface area contributed by atoms with Crippen LogP contribution in [0.5, 0.6) is 0 Å². The maximum Gasteiger partial charge on any atom is 0.253 e. The van der Waals surface area contributed by atoms with E-state index in [0.29, 0.717) is 23.7 Å². The molecule has 1 saturated heterocycles. The Morgan fingerprint density at radius 3 is 2.50 bits per heavy atom. The molecule has 0 aliphatic carbocycles. The summed E-state index contributed by atoms with van der Waals surface area (Å²) in [6.45, 7) is 11.8. The van der Waals surface area contributed by atoms with Crippen LogP contribution in [-0.2, 0) is 0 Å². The Bertz CT molecular complexity index is 483. The molecule has 122 valence electrons. The van der Waals surface area contributed by atoms with Gasteiger partial charge in [0.05, 0.1) is 5.56 Å². The first kappa shape index (κ1) is 16.8. The Labute approximate surface area is 133 Å². The van der Waals surface area contributed by atoms with E-state index in [-0.39, 0.29) is 5.91 Å². The molecule has 3 N–H and O–H groups in total. The van der Waals surface area contributed by atoms with E-state index in [4.69, 9.17) is 5.73 Å². The van der Waals surface area contributed by atoms with Crippen molar-refractivity contribution in [3.8, 4) is 0 Å². The largest absolute Gasteiger partial charge is 0.398 e. The minimum absolute atomic E-state index is 0.0826. The summed E-state index contributed by atoms with van der Waals surface area (Å²) in [7, 11) is 0. The Hall–Kier alpha value is -1.59. The molecule has 1 aromatic rings. The van der Waals surface area contributed by atoms with Gasteiger partial charge in [0.25, 0.3) is 5.91 Å². The van der Waals surface area contributed by atoms with Gasteiger partial charge in [-0.05, 0) is 24.6 Å². The van der Waals surface area contributed by atoms with Crippen molar-refractivity contribution >= 4 is 11.6 Å². The van der Waals surface area contributed by atoms with Gasteiger partial charge in [0.2, 0.25) is 0 Å². The third-order valence-electron chi connectivity index (χ3n) is 4.30. The number of carbonyl (C=O) groups excluding carboxylic acids is 1. The molecule has 1 aromatic carbocycles. The number of rotatable bonds is 6. The van der Waals surface area contributed by atoms with Gasteiger partial charge in [-0.15, -0.1) is 0 Å². The highest BCUT2D eigenvalue weighted by Crippen LogP contribution is 2.10. The van der Waals surface area contributed by atoms with Crippen LogP contribution in [-0.4, -0.2) is 61.5 Å². The molecule has 0 bridgehead atoms. The smallest absolute Gasteiger partial charge is 0.253 e. The molecule has 2 rings (SSSR count). The molecule has 22 heavy (non-hydrogen) atoms. The van der Waals surface area contributed by atoms with Gasteiger partial charge < -0.3 is 20.9 Å². The predicted molar refractivity (Wildman–Crippen MR) is 90.9 cm³/mol. The second-order valence-corrected chi connectivity index (χ2v) is 6.14. The van der Waals surface area contributed by atoms with Crippen molar-refractivity contribution in [2.75, 3.05) is 51.5 Å². The molecule has 0 spiro atoms. The van der Waals surface area contributed by atoms with E-state index in [1.165, 1.54) is 0 Å². The van der Waals surface area contributed by atoms with Crippen molar-refractivity contribution in [1.29, 1.82) is 0 Å². The van der Waals surface area contributed by atoms with Gasteiger partial charge in [0.1, 0.15) is 0 Å². The number of nitrogen functional groups attached to an aromatic ring is 1. The second kappa shape index (κ2) is 8.15. The number of piperazine rings is 1. The van der Waals surface area contributed by atoms with Crippen molar-refractivity contribution in [1.82, 2.24) is 15.1 Å². The lowest BCUT2D eigenvalue weighted by atomic mass is 10.1. The van der Waals surface area contributed by atoms with Gasteiger partial charge in [-0.25, -0.2) is 0 Å². The first-order valence-corrected chi connectivity index (χ1v) is 8.17. The summed E-state index contributed by atoms with van der Waals surface area (Å²) < 4.78 is 0. The summed E-state index contributed by atoms with van der Waals surface area (Å²) in [4.78, 5) is 17.1. The van der Waals surface area contributed by atoms with E-state index in [2.05, 4.69) is 29.0 Å². The molecule has 5 heteroatoms. The van der Waals surface area contributed by atoms with Crippen molar-refractivity contribution in [3.05, 3.63) is 29.8 Å². The number of nitrogens with one attached hydrogen (secondary N) is 1. The minimum atomic E-state index is -0.0826. The first-order chi connectivity index (χ1) is 10.6. The van der Waals surface area contributed by atoms with Crippen molar-refractivity contribution in [3.63, 3.8) is 0 Å². The van der Waals surface area contributed by atoms with Crippen molar-refractivity contribution < 1.29 is 4.79 Å². The Kier molecular flexibility index (Phi) is 6.21. The van der Waals surface area contributed by atoms with E-state index in [1.807, 2.05) is 12.1 Å². The SMILES string of the molecule is CCN1CCN(CC(C)CNC(=O)c2ccccc2N)CC1. The van der Waals surface area contributed by atoms with Crippen LogP contribution in [0.1, 0.15) is 24.2 Å². The Balaban J connectivity index is 1.73. The molecule has 1 atom stereocenters. The quantitative estimate of drug-likeness (QED) is 0.777. The summed E-state index contributed by atoms with van der Waals surface area (Å²) in [6, 6.07) is 7.19. The Morgan fingerprint density at radius 1 is 1.23 bits per heavy atom. The van der Waals surface area contributed by atoms with E-state index >= 15 is 0 Å². The molecule has 1 aliphatic heterocycles. The average molecular weight is 304 g/mol. The van der Waals surface area contributed by atoms with Crippen LogP contribution in [0.25, 0.3) is 0 Å². The minimum Gasteiger partial charge on any atom is -0.398 e. The molecule has 1 fully saturated rings. The molecule has 1 heterocycles. The van der Waals surface area contributed by atoms with Gasteiger partial charge >= 0.3 is 0 Å². The molecule has 0 aromatic heterocycles. The number of likely N-dealkylation sites (N-methyl/N-ethyl adjacent to an activating group) is 1. The highest BCUT2D eigenvalue weighted by Gasteiger charge is 2.18. The van der Waals surface area contributed by atoms with Crippen molar-refractivity contribution in [2.24, 2.45) is 5.92 Å². The number of carbonyl (C=O) groups is 1. The van der Waals surface area contributed by atoms with E-state index in [1.54, 1.807) is 12.1 Å². The maximum atomic E-state index is 12.1. The van der Waals surface area contributed by atoms with Crippen molar-refractivity contribution in [2.45, 2.75) is 13.8 Å².